The monoisotopic (exact) mass is 496 g/mol. The van der Waals surface area contributed by atoms with Gasteiger partial charge in [-0.3, -0.25) is 24.9 Å². The van der Waals surface area contributed by atoms with E-state index in [0.717, 1.165) is 0 Å². The maximum atomic E-state index is 12.6. The Hall–Kier alpha value is -4.48. The van der Waals surface area contributed by atoms with Gasteiger partial charge in [0.2, 0.25) is 5.75 Å². The Kier molecular flexibility index (Phi) is 7.87. The van der Waals surface area contributed by atoms with Crippen molar-refractivity contribution in [2.45, 2.75) is 32.8 Å². The van der Waals surface area contributed by atoms with Crippen LogP contribution in [0.25, 0.3) is 11.3 Å². The predicted molar refractivity (Wildman–Crippen MR) is 132 cm³/mol. The average molecular weight is 497 g/mol. The fraction of sp³-hybridized carbons (Fsp3) is 0.333. The number of carbonyl (C=O) groups is 2. The number of anilines is 1. The largest absolute Gasteiger partial charge is 0.490 e. The Morgan fingerprint density at radius 1 is 1.19 bits per heavy atom. The number of carbonyl (C=O) groups excluding carboxylic acids is 2. The molecule has 0 radical (unpaired) electrons. The van der Waals surface area contributed by atoms with E-state index in [2.05, 4.69) is 20.7 Å². The number of ether oxygens (including phenoxy) is 2. The summed E-state index contributed by atoms with van der Waals surface area (Å²) in [5.74, 6) is -0.177. The molecule has 0 fully saturated rings. The van der Waals surface area contributed by atoms with Crippen molar-refractivity contribution in [2.75, 3.05) is 19.0 Å². The van der Waals surface area contributed by atoms with Crippen LogP contribution in [0.15, 0.2) is 42.6 Å². The van der Waals surface area contributed by atoms with E-state index in [-0.39, 0.29) is 29.5 Å². The molecule has 1 aromatic carbocycles. The fourth-order valence-corrected chi connectivity index (χ4v) is 3.37. The maximum Gasteiger partial charge on any atom is 0.413 e. The van der Waals surface area contributed by atoms with Crippen LogP contribution in [0.3, 0.4) is 0 Å². The lowest BCUT2D eigenvalue weighted by Crippen LogP contribution is -2.28. The van der Waals surface area contributed by atoms with E-state index in [1.807, 2.05) is 0 Å². The molecule has 0 spiro atoms. The van der Waals surface area contributed by atoms with E-state index < -0.39 is 22.5 Å². The minimum absolute atomic E-state index is 0.0958. The number of methoxy groups -OCH3 is 1. The number of rotatable bonds is 8. The molecule has 2 amide bonds. The number of aryl methyl sites for hydroxylation is 1. The molecule has 3 rings (SSSR count). The fourth-order valence-electron chi connectivity index (χ4n) is 3.37. The van der Waals surface area contributed by atoms with Crippen LogP contribution in [0.1, 0.15) is 36.8 Å². The third kappa shape index (κ3) is 6.78. The second kappa shape index (κ2) is 10.8. The highest BCUT2D eigenvalue weighted by atomic mass is 16.6. The normalized spacial score (nSPS) is 11.0. The molecule has 0 saturated carbocycles. The molecule has 36 heavy (non-hydrogen) atoms. The number of nitro benzene ring substituents is 1. The summed E-state index contributed by atoms with van der Waals surface area (Å²) in [5, 5.41) is 21.2. The Bertz CT molecular complexity index is 1280. The lowest BCUT2D eigenvalue weighted by Gasteiger charge is -2.19. The van der Waals surface area contributed by atoms with Gasteiger partial charge in [-0.25, -0.2) is 9.78 Å². The third-order valence-corrected chi connectivity index (χ3v) is 4.83. The number of amides is 2. The lowest BCUT2D eigenvalue weighted by molar-refractivity contribution is -0.385. The SMILES string of the molecule is COc1c(-c2ccn(C)n2)cc(CCNC(=O)c2cccc(NC(=O)OC(C)(C)C)n2)cc1[N+](=O)[O-]. The number of nitrogens with zero attached hydrogens (tertiary/aromatic N) is 4. The van der Waals surface area contributed by atoms with Crippen molar-refractivity contribution in [3.8, 4) is 17.0 Å². The molecule has 0 saturated heterocycles. The number of aromatic nitrogens is 3. The van der Waals surface area contributed by atoms with Crippen molar-refractivity contribution in [2.24, 2.45) is 7.05 Å². The Labute approximate surface area is 207 Å². The maximum absolute atomic E-state index is 12.6. The molecule has 12 heteroatoms. The zero-order valence-corrected chi connectivity index (χ0v) is 20.7. The van der Waals surface area contributed by atoms with Crippen LogP contribution < -0.4 is 15.4 Å². The third-order valence-electron chi connectivity index (χ3n) is 4.83. The Morgan fingerprint density at radius 2 is 1.94 bits per heavy atom. The number of hydrogen-bond donors (Lipinski definition) is 2. The first-order chi connectivity index (χ1) is 17.0. The summed E-state index contributed by atoms with van der Waals surface area (Å²) >= 11 is 0. The predicted octanol–water partition coefficient (Wildman–Crippen LogP) is 3.72. The molecule has 0 unspecified atom stereocenters. The van der Waals surface area contributed by atoms with Gasteiger partial charge in [-0.1, -0.05) is 6.07 Å². The van der Waals surface area contributed by atoms with Gasteiger partial charge in [-0.2, -0.15) is 5.10 Å². The van der Waals surface area contributed by atoms with Gasteiger partial charge in [0.25, 0.3) is 5.91 Å². The van der Waals surface area contributed by atoms with Crippen LogP contribution in [0.2, 0.25) is 0 Å². The number of pyridine rings is 1. The highest BCUT2D eigenvalue weighted by molar-refractivity contribution is 5.93. The van der Waals surface area contributed by atoms with Crippen molar-refractivity contribution in [1.82, 2.24) is 20.1 Å². The molecular formula is C24H28N6O6. The van der Waals surface area contributed by atoms with Gasteiger partial charge < -0.3 is 14.8 Å². The summed E-state index contributed by atoms with van der Waals surface area (Å²) < 4.78 is 12.1. The average Bonchev–Trinajstić information content (AvgIpc) is 3.23. The first-order valence-electron chi connectivity index (χ1n) is 11.1. The van der Waals surface area contributed by atoms with Crippen molar-refractivity contribution in [1.29, 1.82) is 0 Å². The Balaban J connectivity index is 1.71. The highest BCUT2D eigenvalue weighted by Gasteiger charge is 2.23. The molecule has 0 aliphatic carbocycles. The molecule has 3 aromatic rings. The smallest absolute Gasteiger partial charge is 0.413 e. The van der Waals surface area contributed by atoms with Gasteiger partial charge in [0.05, 0.1) is 23.3 Å². The van der Waals surface area contributed by atoms with Gasteiger partial charge in [0.1, 0.15) is 17.1 Å². The molecule has 0 atom stereocenters. The summed E-state index contributed by atoms with van der Waals surface area (Å²) in [7, 11) is 3.11. The van der Waals surface area contributed by atoms with E-state index in [1.165, 1.54) is 25.3 Å². The molecular weight excluding hydrogens is 468 g/mol. The molecule has 0 bridgehead atoms. The standard InChI is InChI=1S/C24H28N6O6/c1-24(2,3)36-23(32)27-20-8-6-7-18(26-20)22(31)25-11-9-15-13-16(17-10-12-29(4)28-17)21(35-5)19(14-15)30(33)34/h6-8,10,12-14H,9,11H2,1-5H3,(H,25,31)(H,26,27,32). The topological polar surface area (TPSA) is 151 Å². The van der Waals surface area contributed by atoms with Gasteiger partial charge in [-0.05, 0) is 57.0 Å². The molecule has 0 aliphatic rings. The number of hydrogen-bond acceptors (Lipinski definition) is 8. The first-order valence-corrected chi connectivity index (χ1v) is 11.1. The highest BCUT2D eigenvalue weighted by Crippen LogP contribution is 2.38. The van der Waals surface area contributed by atoms with Crippen molar-refractivity contribution >= 4 is 23.5 Å². The summed E-state index contributed by atoms with van der Waals surface area (Å²) in [6.45, 7) is 5.40. The van der Waals surface area contributed by atoms with Crippen LogP contribution in [0.5, 0.6) is 5.75 Å². The van der Waals surface area contributed by atoms with Gasteiger partial charge in [0.15, 0.2) is 0 Å². The quantitative estimate of drug-likeness (QED) is 0.354. The van der Waals surface area contributed by atoms with E-state index >= 15 is 0 Å². The molecule has 12 nitrogen and oxygen atoms in total. The van der Waals surface area contributed by atoms with Gasteiger partial charge in [-0.15, -0.1) is 0 Å². The second-order valence-corrected chi connectivity index (χ2v) is 8.87. The van der Waals surface area contributed by atoms with E-state index in [0.29, 0.717) is 23.2 Å². The number of benzene rings is 1. The van der Waals surface area contributed by atoms with E-state index in [9.17, 15) is 19.7 Å². The van der Waals surface area contributed by atoms with Crippen molar-refractivity contribution in [3.05, 3.63) is 64.0 Å². The van der Waals surface area contributed by atoms with Gasteiger partial charge >= 0.3 is 11.8 Å². The molecule has 190 valence electrons. The van der Waals surface area contributed by atoms with Gasteiger partial charge in [0, 0.05) is 25.9 Å². The molecule has 2 aromatic heterocycles. The summed E-state index contributed by atoms with van der Waals surface area (Å²) in [5.41, 5.74) is 0.865. The van der Waals surface area contributed by atoms with Crippen LogP contribution >= 0.6 is 0 Å². The number of nitrogens with one attached hydrogen (secondary N) is 2. The van der Waals surface area contributed by atoms with Crippen molar-refractivity contribution in [3.63, 3.8) is 0 Å². The second-order valence-electron chi connectivity index (χ2n) is 8.87. The van der Waals surface area contributed by atoms with Crippen LogP contribution in [0, 0.1) is 10.1 Å². The number of nitro groups is 1. The molecule has 2 N–H and O–H groups in total. The minimum Gasteiger partial charge on any atom is -0.490 e. The zero-order valence-electron chi connectivity index (χ0n) is 20.7. The lowest BCUT2D eigenvalue weighted by atomic mass is 10.0. The summed E-state index contributed by atoms with van der Waals surface area (Å²) in [4.78, 5) is 39.9. The van der Waals surface area contributed by atoms with Crippen LogP contribution in [0.4, 0.5) is 16.3 Å². The van der Waals surface area contributed by atoms with E-state index in [4.69, 9.17) is 9.47 Å². The molecule has 0 aliphatic heterocycles. The Morgan fingerprint density at radius 3 is 2.56 bits per heavy atom. The van der Waals surface area contributed by atoms with Crippen molar-refractivity contribution < 1.29 is 24.0 Å². The summed E-state index contributed by atoms with van der Waals surface area (Å²) in [6, 6.07) is 9.53. The first kappa shape index (κ1) is 26.1. The van der Waals surface area contributed by atoms with Crippen LogP contribution in [-0.2, 0) is 18.2 Å². The zero-order chi connectivity index (χ0) is 26.5. The van der Waals surface area contributed by atoms with E-state index in [1.54, 1.807) is 56.9 Å². The minimum atomic E-state index is -0.683. The molecule has 2 heterocycles. The summed E-state index contributed by atoms with van der Waals surface area (Å²) in [6.07, 6.45) is 1.36. The van der Waals surface area contributed by atoms with Crippen LogP contribution in [-0.4, -0.2) is 50.9 Å².